The molecule has 120 valence electrons. The molecule has 1 amide bonds. The van der Waals surface area contributed by atoms with Crippen LogP contribution < -0.4 is 5.32 Å². The van der Waals surface area contributed by atoms with E-state index in [0.717, 1.165) is 57.1 Å². The van der Waals surface area contributed by atoms with Crippen LogP contribution in [0, 0.1) is 0 Å². The van der Waals surface area contributed by atoms with Crippen molar-refractivity contribution in [1.29, 1.82) is 0 Å². The quantitative estimate of drug-likeness (QED) is 0.870. The number of hydrogen-bond acceptors (Lipinski definition) is 5. The van der Waals surface area contributed by atoms with Crippen LogP contribution in [0.2, 0.25) is 0 Å². The second kappa shape index (κ2) is 7.94. The third kappa shape index (κ3) is 4.21. The fraction of sp³-hybridized carbons (Fsp3) is 0.625. The number of rotatable bonds is 5. The van der Waals surface area contributed by atoms with E-state index in [9.17, 15) is 4.79 Å². The van der Waals surface area contributed by atoms with Gasteiger partial charge in [-0.1, -0.05) is 6.07 Å². The first kappa shape index (κ1) is 15.8. The highest BCUT2D eigenvalue weighted by Crippen LogP contribution is 2.18. The van der Waals surface area contributed by atoms with E-state index in [1.165, 1.54) is 0 Å². The Balaban J connectivity index is 1.39. The SMILES string of the molecule is O=C(CSCc1ccccn1)N1CCC(N2CCNCC2)C1. The normalized spacial score (nSPS) is 22.9. The molecule has 6 heteroatoms. The second-order valence-corrected chi connectivity index (χ2v) is 6.87. The van der Waals surface area contributed by atoms with Gasteiger partial charge in [0.15, 0.2) is 0 Å². The van der Waals surface area contributed by atoms with Crippen molar-refractivity contribution in [1.82, 2.24) is 20.1 Å². The molecule has 1 atom stereocenters. The number of hydrogen-bond donors (Lipinski definition) is 1. The van der Waals surface area contributed by atoms with E-state index in [4.69, 9.17) is 0 Å². The fourth-order valence-electron chi connectivity index (χ4n) is 3.13. The van der Waals surface area contributed by atoms with Crippen molar-refractivity contribution in [2.75, 3.05) is 45.0 Å². The second-order valence-electron chi connectivity index (χ2n) is 5.88. The fourth-order valence-corrected chi connectivity index (χ4v) is 3.97. The van der Waals surface area contributed by atoms with Crippen LogP contribution in [0.1, 0.15) is 12.1 Å². The van der Waals surface area contributed by atoms with Crippen molar-refractivity contribution in [3.05, 3.63) is 30.1 Å². The van der Waals surface area contributed by atoms with Crippen LogP contribution in [0.15, 0.2) is 24.4 Å². The monoisotopic (exact) mass is 320 g/mol. The first-order valence-corrected chi connectivity index (χ1v) is 9.18. The van der Waals surface area contributed by atoms with Gasteiger partial charge in [0, 0.05) is 57.3 Å². The lowest BCUT2D eigenvalue weighted by atomic mass is 10.2. The van der Waals surface area contributed by atoms with Crippen molar-refractivity contribution < 1.29 is 4.79 Å². The Morgan fingerprint density at radius 3 is 2.95 bits per heavy atom. The minimum atomic E-state index is 0.276. The molecule has 0 saturated carbocycles. The van der Waals surface area contributed by atoms with Crippen LogP contribution >= 0.6 is 11.8 Å². The Hall–Kier alpha value is -1.11. The van der Waals surface area contributed by atoms with Crippen molar-refractivity contribution in [3.8, 4) is 0 Å². The van der Waals surface area contributed by atoms with Crippen molar-refractivity contribution >= 4 is 17.7 Å². The van der Waals surface area contributed by atoms with Crippen LogP contribution in [0.5, 0.6) is 0 Å². The van der Waals surface area contributed by atoms with Crippen LogP contribution in [0.25, 0.3) is 0 Å². The van der Waals surface area contributed by atoms with Crippen LogP contribution in [0.4, 0.5) is 0 Å². The van der Waals surface area contributed by atoms with Gasteiger partial charge in [0.1, 0.15) is 0 Å². The van der Waals surface area contributed by atoms with Gasteiger partial charge >= 0.3 is 0 Å². The number of nitrogens with one attached hydrogen (secondary N) is 1. The van der Waals surface area contributed by atoms with Gasteiger partial charge < -0.3 is 10.2 Å². The van der Waals surface area contributed by atoms with Gasteiger partial charge in [-0.25, -0.2) is 0 Å². The Bertz CT molecular complexity index is 478. The van der Waals surface area contributed by atoms with Gasteiger partial charge in [-0.15, -0.1) is 11.8 Å². The molecule has 2 aliphatic heterocycles. The van der Waals surface area contributed by atoms with Crippen LogP contribution in [-0.2, 0) is 10.5 Å². The number of amides is 1. The lowest BCUT2D eigenvalue weighted by molar-refractivity contribution is -0.127. The van der Waals surface area contributed by atoms with Gasteiger partial charge in [-0.2, -0.15) is 0 Å². The summed E-state index contributed by atoms with van der Waals surface area (Å²) < 4.78 is 0. The van der Waals surface area contributed by atoms with E-state index >= 15 is 0 Å². The van der Waals surface area contributed by atoms with Crippen molar-refractivity contribution in [2.24, 2.45) is 0 Å². The van der Waals surface area contributed by atoms with E-state index in [1.54, 1.807) is 18.0 Å². The first-order valence-electron chi connectivity index (χ1n) is 8.03. The molecule has 0 bridgehead atoms. The number of thioether (sulfide) groups is 1. The molecule has 2 saturated heterocycles. The maximum atomic E-state index is 12.3. The summed E-state index contributed by atoms with van der Waals surface area (Å²) in [7, 11) is 0. The van der Waals surface area contributed by atoms with Gasteiger partial charge in [0.25, 0.3) is 0 Å². The highest BCUT2D eigenvalue weighted by atomic mass is 32.2. The summed E-state index contributed by atoms with van der Waals surface area (Å²) in [6, 6.07) is 6.48. The number of likely N-dealkylation sites (tertiary alicyclic amines) is 1. The summed E-state index contributed by atoms with van der Waals surface area (Å²) in [6.45, 7) is 6.19. The highest BCUT2D eigenvalue weighted by Gasteiger charge is 2.30. The Labute approximate surface area is 136 Å². The molecular weight excluding hydrogens is 296 g/mol. The summed E-state index contributed by atoms with van der Waals surface area (Å²) in [5, 5.41) is 3.38. The summed E-state index contributed by atoms with van der Waals surface area (Å²) in [5.74, 6) is 1.64. The molecule has 2 fully saturated rings. The third-order valence-electron chi connectivity index (χ3n) is 4.39. The van der Waals surface area contributed by atoms with E-state index in [0.29, 0.717) is 11.8 Å². The average molecular weight is 320 g/mol. The Morgan fingerprint density at radius 1 is 1.32 bits per heavy atom. The van der Waals surface area contributed by atoms with E-state index < -0.39 is 0 Å². The predicted molar refractivity (Wildman–Crippen MR) is 89.8 cm³/mol. The van der Waals surface area contributed by atoms with Gasteiger partial charge in [-0.05, 0) is 18.6 Å². The number of nitrogens with zero attached hydrogens (tertiary/aromatic N) is 3. The van der Waals surface area contributed by atoms with E-state index in [-0.39, 0.29) is 5.91 Å². The highest BCUT2D eigenvalue weighted by molar-refractivity contribution is 7.99. The maximum Gasteiger partial charge on any atom is 0.232 e. The molecule has 1 unspecified atom stereocenters. The number of piperazine rings is 1. The standard InChI is InChI=1S/C16H24N4OS/c21-16(13-22-12-14-3-1-2-5-18-14)20-8-4-15(11-20)19-9-6-17-7-10-19/h1-3,5,15,17H,4,6-13H2. The third-order valence-corrected chi connectivity index (χ3v) is 5.34. The topological polar surface area (TPSA) is 48.5 Å². The molecule has 1 N–H and O–H groups in total. The predicted octanol–water partition coefficient (Wildman–Crippen LogP) is 0.821. The van der Waals surface area contributed by atoms with Gasteiger partial charge in [0.2, 0.25) is 5.91 Å². The van der Waals surface area contributed by atoms with Gasteiger partial charge in [0.05, 0.1) is 11.4 Å². The number of carbonyl (C=O) groups is 1. The first-order chi connectivity index (χ1) is 10.8. The zero-order valence-electron chi connectivity index (χ0n) is 12.9. The Kier molecular flexibility index (Phi) is 5.70. The largest absolute Gasteiger partial charge is 0.340 e. The minimum Gasteiger partial charge on any atom is -0.340 e. The van der Waals surface area contributed by atoms with E-state index in [2.05, 4.69) is 15.2 Å². The summed E-state index contributed by atoms with van der Waals surface area (Å²) in [5.41, 5.74) is 1.04. The van der Waals surface area contributed by atoms with E-state index in [1.807, 2.05) is 23.1 Å². The van der Waals surface area contributed by atoms with Crippen molar-refractivity contribution in [2.45, 2.75) is 18.2 Å². The average Bonchev–Trinajstić information content (AvgIpc) is 3.07. The molecule has 1 aromatic heterocycles. The van der Waals surface area contributed by atoms with Crippen LogP contribution in [-0.4, -0.2) is 71.8 Å². The summed E-state index contributed by atoms with van der Waals surface area (Å²) in [6.07, 6.45) is 2.92. The van der Waals surface area contributed by atoms with Gasteiger partial charge in [-0.3, -0.25) is 14.7 Å². The molecule has 2 aliphatic rings. The Morgan fingerprint density at radius 2 is 2.18 bits per heavy atom. The molecule has 3 heterocycles. The molecule has 3 rings (SSSR count). The number of carbonyl (C=O) groups excluding carboxylic acids is 1. The van der Waals surface area contributed by atoms with Crippen LogP contribution in [0.3, 0.4) is 0 Å². The lowest BCUT2D eigenvalue weighted by Gasteiger charge is -2.32. The molecule has 22 heavy (non-hydrogen) atoms. The molecule has 5 nitrogen and oxygen atoms in total. The maximum absolute atomic E-state index is 12.3. The molecular formula is C16H24N4OS. The zero-order chi connectivity index (χ0) is 15.2. The number of pyridine rings is 1. The molecule has 0 aromatic carbocycles. The summed E-state index contributed by atoms with van der Waals surface area (Å²) >= 11 is 1.66. The molecule has 0 spiro atoms. The summed E-state index contributed by atoms with van der Waals surface area (Å²) in [4.78, 5) is 21.2. The molecule has 0 aliphatic carbocycles. The smallest absolute Gasteiger partial charge is 0.232 e. The zero-order valence-corrected chi connectivity index (χ0v) is 13.7. The lowest BCUT2D eigenvalue weighted by Crippen LogP contribution is -2.49. The molecule has 0 radical (unpaired) electrons. The molecule has 1 aromatic rings. The minimum absolute atomic E-state index is 0.276. The number of aromatic nitrogens is 1. The van der Waals surface area contributed by atoms with Crippen molar-refractivity contribution in [3.63, 3.8) is 0 Å².